The van der Waals surface area contributed by atoms with Gasteiger partial charge in [-0.25, -0.2) is 0 Å². The van der Waals surface area contributed by atoms with Crippen molar-refractivity contribution in [3.8, 4) is 5.75 Å². The molecule has 0 radical (unpaired) electrons. The molecule has 0 aliphatic carbocycles. The molecule has 2 aromatic rings. The van der Waals surface area contributed by atoms with E-state index < -0.39 is 0 Å². The maximum Gasteiger partial charge on any atom is 0.269 e. The van der Waals surface area contributed by atoms with Gasteiger partial charge in [0, 0.05) is 11.3 Å². The molecule has 98 valence electrons. The molecule has 4 nitrogen and oxygen atoms in total. The number of carbonyl (C=O) groups is 1. The molecule has 1 amide bonds. The topological polar surface area (TPSA) is 64.3 Å². The third-order valence-corrected chi connectivity index (χ3v) is 3.61. The van der Waals surface area contributed by atoms with Crippen LogP contribution >= 0.6 is 23.6 Å². The maximum absolute atomic E-state index is 12.0. The van der Waals surface area contributed by atoms with Crippen LogP contribution in [0, 0.1) is 0 Å². The van der Waals surface area contributed by atoms with Crippen molar-refractivity contribution in [2.24, 2.45) is 5.73 Å². The Bertz CT molecular complexity index is 605. The summed E-state index contributed by atoms with van der Waals surface area (Å²) >= 11 is 6.20. The molecule has 3 N–H and O–H groups in total. The SMILES string of the molecule is COc1ccsc1C(=O)Nc1ccc(C(N)=S)cc1. The van der Waals surface area contributed by atoms with E-state index in [4.69, 9.17) is 22.7 Å². The summed E-state index contributed by atoms with van der Waals surface area (Å²) in [5.41, 5.74) is 6.96. The van der Waals surface area contributed by atoms with Crippen molar-refractivity contribution in [3.05, 3.63) is 46.2 Å². The van der Waals surface area contributed by atoms with Crippen LogP contribution in [0.2, 0.25) is 0 Å². The largest absolute Gasteiger partial charge is 0.495 e. The first-order valence-electron chi connectivity index (χ1n) is 5.44. The van der Waals surface area contributed by atoms with Gasteiger partial charge < -0.3 is 15.8 Å². The molecule has 0 aliphatic rings. The second kappa shape index (κ2) is 5.81. The molecular weight excluding hydrogens is 280 g/mol. The second-order valence-corrected chi connectivity index (χ2v) is 5.07. The van der Waals surface area contributed by atoms with E-state index in [1.54, 1.807) is 30.3 Å². The van der Waals surface area contributed by atoms with Crippen LogP contribution in [0.25, 0.3) is 0 Å². The van der Waals surface area contributed by atoms with Crippen molar-refractivity contribution in [2.45, 2.75) is 0 Å². The molecule has 6 heteroatoms. The highest BCUT2D eigenvalue weighted by molar-refractivity contribution is 7.80. The van der Waals surface area contributed by atoms with E-state index in [2.05, 4.69) is 5.32 Å². The molecule has 0 fully saturated rings. The minimum Gasteiger partial charge on any atom is -0.495 e. The molecule has 0 spiro atoms. The van der Waals surface area contributed by atoms with Crippen LogP contribution < -0.4 is 15.8 Å². The van der Waals surface area contributed by atoms with Gasteiger partial charge in [0.05, 0.1) is 7.11 Å². The van der Waals surface area contributed by atoms with Gasteiger partial charge in [0.25, 0.3) is 5.91 Å². The zero-order valence-corrected chi connectivity index (χ0v) is 11.8. The van der Waals surface area contributed by atoms with Crippen LogP contribution in [0.1, 0.15) is 15.2 Å². The molecule has 0 unspecified atom stereocenters. The summed E-state index contributed by atoms with van der Waals surface area (Å²) in [6, 6.07) is 8.81. The number of benzene rings is 1. The number of anilines is 1. The lowest BCUT2D eigenvalue weighted by Gasteiger charge is -2.06. The lowest BCUT2D eigenvalue weighted by Crippen LogP contribution is -2.12. The number of hydrogen-bond acceptors (Lipinski definition) is 4. The minimum atomic E-state index is -0.199. The summed E-state index contributed by atoms with van der Waals surface area (Å²) in [7, 11) is 1.54. The van der Waals surface area contributed by atoms with Crippen LogP contribution in [-0.4, -0.2) is 18.0 Å². The number of nitrogens with one attached hydrogen (secondary N) is 1. The van der Waals surface area contributed by atoms with E-state index in [0.717, 1.165) is 5.56 Å². The number of methoxy groups -OCH3 is 1. The molecule has 0 aliphatic heterocycles. The van der Waals surface area contributed by atoms with Crippen LogP contribution in [0.4, 0.5) is 5.69 Å². The van der Waals surface area contributed by atoms with E-state index >= 15 is 0 Å². The zero-order valence-electron chi connectivity index (χ0n) is 10.2. The first-order chi connectivity index (χ1) is 9.11. The van der Waals surface area contributed by atoms with Gasteiger partial charge >= 0.3 is 0 Å². The third kappa shape index (κ3) is 3.10. The Morgan fingerprint density at radius 2 is 2.00 bits per heavy atom. The summed E-state index contributed by atoms with van der Waals surface area (Å²) in [6.45, 7) is 0. The molecule has 1 aromatic carbocycles. The van der Waals surface area contributed by atoms with Crippen molar-refractivity contribution < 1.29 is 9.53 Å². The first-order valence-corrected chi connectivity index (χ1v) is 6.73. The average molecular weight is 292 g/mol. The predicted octanol–water partition coefficient (Wildman–Crippen LogP) is 2.64. The van der Waals surface area contributed by atoms with Crippen LogP contribution in [-0.2, 0) is 0 Å². The summed E-state index contributed by atoms with van der Waals surface area (Å²) in [4.78, 5) is 12.9. The number of ether oxygens (including phenoxy) is 1. The molecule has 0 atom stereocenters. The van der Waals surface area contributed by atoms with Gasteiger partial charge in [0.1, 0.15) is 15.6 Å². The molecule has 0 bridgehead atoms. The van der Waals surface area contributed by atoms with Gasteiger partial charge in [-0.3, -0.25) is 4.79 Å². The average Bonchev–Trinajstić information content (AvgIpc) is 2.87. The number of amides is 1. The lowest BCUT2D eigenvalue weighted by molar-refractivity contribution is 0.102. The van der Waals surface area contributed by atoms with E-state index in [1.807, 2.05) is 5.38 Å². The predicted molar refractivity (Wildman–Crippen MR) is 81.2 cm³/mol. The smallest absolute Gasteiger partial charge is 0.269 e. The lowest BCUT2D eigenvalue weighted by atomic mass is 10.2. The Morgan fingerprint density at radius 1 is 1.32 bits per heavy atom. The maximum atomic E-state index is 12.0. The third-order valence-electron chi connectivity index (χ3n) is 2.48. The normalized spacial score (nSPS) is 9.95. The summed E-state index contributed by atoms with van der Waals surface area (Å²) in [5.74, 6) is 0.372. The summed E-state index contributed by atoms with van der Waals surface area (Å²) in [6.07, 6.45) is 0. The van der Waals surface area contributed by atoms with Gasteiger partial charge in [0.15, 0.2) is 0 Å². The van der Waals surface area contributed by atoms with Gasteiger partial charge in [-0.1, -0.05) is 12.2 Å². The molecule has 1 heterocycles. The van der Waals surface area contributed by atoms with Crippen LogP contribution in [0.3, 0.4) is 0 Å². The molecular formula is C13H12N2O2S2. The number of rotatable bonds is 4. The molecule has 0 saturated carbocycles. The highest BCUT2D eigenvalue weighted by Crippen LogP contribution is 2.25. The van der Waals surface area contributed by atoms with Crippen molar-refractivity contribution in [2.75, 3.05) is 12.4 Å². The number of carbonyl (C=O) groups excluding carboxylic acids is 1. The number of hydrogen-bond donors (Lipinski definition) is 2. The van der Waals surface area contributed by atoms with Gasteiger partial charge in [-0.2, -0.15) is 0 Å². The van der Waals surface area contributed by atoms with Crippen molar-refractivity contribution in [1.82, 2.24) is 0 Å². The Balaban J connectivity index is 2.13. The van der Waals surface area contributed by atoms with Gasteiger partial charge in [-0.15, -0.1) is 11.3 Å². The van der Waals surface area contributed by atoms with Gasteiger partial charge in [-0.05, 0) is 35.7 Å². The Kier molecular flexibility index (Phi) is 4.13. The van der Waals surface area contributed by atoms with Crippen molar-refractivity contribution in [3.63, 3.8) is 0 Å². The molecule has 19 heavy (non-hydrogen) atoms. The first kappa shape index (κ1) is 13.5. The summed E-state index contributed by atoms with van der Waals surface area (Å²) in [5, 5.41) is 4.60. The monoisotopic (exact) mass is 292 g/mol. The second-order valence-electron chi connectivity index (χ2n) is 3.71. The zero-order chi connectivity index (χ0) is 13.8. The van der Waals surface area contributed by atoms with Crippen molar-refractivity contribution in [1.29, 1.82) is 0 Å². The number of thiocarbonyl (C=S) groups is 1. The molecule has 1 aromatic heterocycles. The summed E-state index contributed by atoms with van der Waals surface area (Å²) < 4.78 is 5.11. The van der Waals surface area contributed by atoms with Crippen molar-refractivity contribution >= 4 is 40.1 Å². The van der Waals surface area contributed by atoms with E-state index in [0.29, 0.717) is 21.3 Å². The van der Waals surface area contributed by atoms with E-state index in [1.165, 1.54) is 18.4 Å². The fourth-order valence-electron chi connectivity index (χ4n) is 1.53. The van der Waals surface area contributed by atoms with Crippen LogP contribution in [0.15, 0.2) is 35.7 Å². The van der Waals surface area contributed by atoms with E-state index in [9.17, 15) is 4.79 Å². The minimum absolute atomic E-state index is 0.199. The number of thiophene rings is 1. The standard InChI is InChI=1S/C13H12N2O2S2/c1-17-10-6-7-19-11(10)13(16)15-9-4-2-8(3-5-9)12(14)18/h2-7H,1H3,(H2,14,18)(H,15,16). The Morgan fingerprint density at radius 3 is 2.58 bits per heavy atom. The quantitative estimate of drug-likeness (QED) is 0.850. The molecule has 0 saturated heterocycles. The van der Waals surface area contributed by atoms with E-state index in [-0.39, 0.29) is 5.91 Å². The van der Waals surface area contributed by atoms with Crippen LogP contribution in [0.5, 0.6) is 5.75 Å². The van der Waals surface area contributed by atoms with Gasteiger partial charge in [0.2, 0.25) is 0 Å². The number of nitrogens with two attached hydrogens (primary N) is 1. The highest BCUT2D eigenvalue weighted by atomic mass is 32.1. The fraction of sp³-hybridized carbons (Fsp3) is 0.0769. The Labute approximate surface area is 120 Å². The molecule has 2 rings (SSSR count). The Hall–Kier alpha value is -1.92. The fourth-order valence-corrected chi connectivity index (χ4v) is 2.42. The highest BCUT2D eigenvalue weighted by Gasteiger charge is 2.13.